The molecular weight excluding hydrogens is 571 g/mol. The van der Waals surface area contributed by atoms with Gasteiger partial charge in [-0.2, -0.15) is 8.78 Å². The molecule has 5 rings (SSSR count). The first kappa shape index (κ1) is 29.6. The molecule has 8 nitrogen and oxygen atoms in total. The zero-order valence-electron chi connectivity index (χ0n) is 23.7. The van der Waals surface area contributed by atoms with Crippen molar-refractivity contribution in [1.82, 2.24) is 4.90 Å². The minimum absolute atomic E-state index is 0.0366. The van der Waals surface area contributed by atoms with Crippen LogP contribution in [-0.2, 0) is 14.8 Å². The van der Waals surface area contributed by atoms with E-state index in [1.54, 1.807) is 69.0 Å². The lowest BCUT2D eigenvalue weighted by atomic mass is 10.00. The lowest BCUT2D eigenvalue weighted by molar-refractivity contribution is -0.0499. The summed E-state index contributed by atoms with van der Waals surface area (Å²) in [6, 6.07) is 14.5. The number of amides is 1. The van der Waals surface area contributed by atoms with Gasteiger partial charge in [0.2, 0.25) is 0 Å². The van der Waals surface area contributed by atoms with Gasteiger partial charge in [-0.25, -0.2) is 17.6 Å². The van der Waals surface area contributed by atoms with Crippen LogP contribution >= 0.6 is 0 Å². The number of sulfonamides is 1. The molecule has 3 aromatic carbocycles. The van der Waals surface area contributed by atoms with Crippen LogP contribution in [0.2, 0.25) is 0 Å². The molecule has 42 heavy (non-hydrogen) atoms. The molecule has 1 atom stereocenters. The number of anilines is 2. The Hall–Kier alpha value is -3.93. The highest BCUT2D eigenvalue weighted by atomic mass is 32.2. The molecule has 0 saturated carbocycles. The Morgan fingerprint density at radius 3 is 2.40 bits per heavy atom. The summed E-state index contributed by atoms with van der Waals surface area (Å²) in [6.45, 7) is 5.10. The number of ether oxygens (including phenoxy) is 2. The highest BCUT2D eigenvalue weighted by Gasteiger charge is 2.41. The molecule has 0 aromatic heterocycles. The molecule has 0 spiro atoms. The number of aryl methyl sites for hydroxylation is 1. The number of alkyl halides is 2. The van der Waals surface area contributed by atoms with Crippen LogP contribution in [0.5, 0.6) is 5.75 Å². The topological polar surface area (TPSA) is 79.4 Å². The van der Waals surface area contributed by atoms with Crippen molar-refractivity contribution in [2.24, 2.45) is 0 Å². The molecule has 1 saturated heterocycles. The fourth-order valence-corrected chi connectivity index (χ4v) is 6.90. The molecule has 0 unspecified atom stereocenters. The Labute approximate surface area is 243 Å². The van der Waals surface area contributed by atoms with Gasteiger partial charge in [-0.05, 0) is 80.8 Å². The van der Waals surface area contributed by atoms with E-state index in [0.29, 0.717) is 30.0 Å². The Bertz CT molecular complexity index is 1610. The van der Waals surface area contributed by atoms with Gasteiger partial charge in [0.05, 0.1) is 28.9 Å². The molecule has 0 aliphatic carbocycles. The number of hydrogen-bond donors (Lipinski definition) is 0. The fraction of sp³-hybridized carbons (Fsp3) is 0.367. The highest BCUT2D eigenvalue weighted by molar-refractivity contribution is 7.92. The van der Waals surface area contributed by atoms with Crippen LogP contribution in [0.3, 0.4) is 0 Å². The van der Waals surface area contributed by atoms with Crippen molar-refractivity contribution < 1.29 is 35.9 Å². The summed E-state index contributed by atoms with van der Waals surface area (Å²) in [4.78, 5) is 16.6. The maximum atomic E-state index is 14.4. The van der Waals surface area contributed by atoms with Gasteiger partial charge in [0.15, 0.2) is 0 Å². The van der Waals surface area contributed by atoms with E-state index >= 15 is 0 Å². The Kier molecular flexibility index (Phi) is 7.78. The third-order valence-electron chi connectivity index (χ3n) is 7.07. The molecule has 224 valence electrons. The average Bonchev–Trinajstić information content (AvgIpc) is 2.90. The van der Waals surface area contributed by atoms with Crippen molar-refractivity contribution in [1.29, 1.82) is 0 Å². The number of rotatable bonds is 5. The third-order valence-corrected chi connectivity index (χ3v) is 8.85. The molecule has 1 fully saturated rings. The summed E-state index contributed by atoms with van der Waals surface area (Å²) < 4.78 is 79.5. The van der Waals surface area contributed by atoms with Crippen molar-refractivity contribution >= 4 is 27.5 Å². The van der Waals surface area contributed by atoms with E-state index in [9.17, 15) is 26.4 Å². The first-order chi connectivity index (χ1) is 19.7. The van der Waals surface area contributed by atoms with Gasteiger partial charge in [0.25, 0.3) is 10.0 Å². The van der Waals surface area contributed by atoms with Crippen LogP contribution in [0, 0.1) is 12.7 Å². The molecule has 2 aliphatic heterocycles. The molecule has 0 bridgehead atoms. The number of carbonyl (C=O) groups excluding carboxylic acids is 1. The van der Waals surface area contributed by atoms with Crippen LogP contribution in [0.25, 0.3) is 11.1 Å². The van der Waals surface area contributed by atoms with Gasteiger partial charge in [0.1, 0.15) is 17.2 Å². The van der Waals surface area contributed by atoms with Crippen LogP contribution in [0.4, 0.5) is 29.3 Å². The number of benzene rings is 3. The van der Waals surface area contributed by atoms with Crippen molar-refractivity contribution in [3.63, 3.8) is 0 Å². The Balaban J connectivity index is 1.58. The zero-order chi connectivity index (χ0) is 30.4. The molecule has 0 radical (unpaired) electrons. The summed E-state index contributed by atoms with van der Waals surface area (Å²) in [6.07, 6.45) is -0.468. The standard InChI is InChI=1S/C30H32F3N3O5S/c1-19-6-5-7-25(12-19)42(38,39)36-18-23-17-34(29(37)41-30(2,3)4)10-11-35(23)26-9-8-20(15-27(26)36)21-13-22(31)16-24(14-21)40-28(32)33/h5-9,12-16,23,28H,10-11,17-18H2,1-4H3/t23-/m0/s1. The van der Waals surface area contributed by atoms with Gasteiger partial charge < -0.3 is 19.3 Å². The maximum Gasteiger partial charge on any atom is 0.410 e. The Morgan fingerprint density at radius 1 is 0.952 bits per heavy atom. The third kappa shape index (κ3) is 6.13. The predicted octanol–water partition coefficient (Wildman–Crippen LogP) is 6.04. The van der Waals surface area contributed by atoms with E-state index < -0.39 is 34.1 Å². The zero-order valence-corrected chi connectivity index (χ0v) is 24.5. The summed E-state index contributed by atoms with van der Waals surface area (Å²) in [5.41, 5.74) is 1.73. The second kappa shape index (κ2) is 11.0. The monoisotopic (exact) mass is 603 g/mol. The van der Waals surface area contributed by atoms with Gasteiger partial charge >= 0.3 is 12.7 Å². The summed E-state index contributed by atoms with van der Waals surface area (Å²) >= 11 is 0. The van der Waals surface area contributed by atoms with Crippen molar-refractivity contribution in [2.75, 3.05) is 35.4 Å². The van der Waals surface area contributed by atoms with Crippen molar-refractivity contribution in [3.05, 3.63) is 72.0 Å². The number of halogens is 3. The molecular formula is C30H32F3N3O5S. The molecule has 12 heteroatoms. The number of hydrogen-bond acceptors (Lipinski definition) is 6. The molecule has 0 N–H and O–H groups in total. The summed E-state index contributed by atoms with van der Waals surface area (Å²) in [7, 11) is -4.07. The predicted molar refractivity (Wildman–Crippen MR) is 153 cm³/mol. The van der Waals surface area contributed by atoms with E-state index in [1.165, 1.54) is 22.5 Å². The van der Waals surface area contributed by atoms with Gasteiger partial charge in [0, 0.05) is 25.7 Å². The van der Waals surface area contributed by atoms with Crippen LogP contribution < -0.4 is 13.9 Å². The summed E-state index contributed by atoms with van der Waals surface area (Å²) in [5, 5.41) is 0. The van der Waals surface area contributed by atoms with Crippen molar-refractivity contribution in [2.45, 2.75) is 50.8 Å². The SMILES string of the molecule is Cc1cccc(S(=O)(=O)N2C[C@@H]3CN(C(=O)OC(C)(C)C)CCN3c3ccc(-c4cc(F)cc(OC(F)F)c4)cc32)c1. The molecule has 2 heterocycles. The number of carbonyl (C=O) groups is 1. The van der Waals surface area contributed by atoms with E-state index in [2.05, 4.69) is 9.64 Å². The van der Waals surface area contributed by atoms with Crippen LogP contribution in [0.1, 0.15) is 26.3 Å². The molecule has 3 aromatic rings. The van der Waals surface area contributed by atoms with Crippen LogP contribution in [-0.4, -0.2) is 63.8 Å². The van der Waals surface area contributed by atoms with E-state index in [-0.39, 0.29) is 35.3 Å². The second-order valence-electron chi connectivity index (χ2n) is 11.4. The minimum atomic E-state index is -4.07. The number of piperazine rings is 1. The van der Waals surface area contributed by atoms with E-state index in [1.807, 2.05) is 0 Å². The van der Waals surface area contributed by atoms with Crippen LogP contribution in [0.15, 0.2) is 65.6 Å². The highest BCUT2D eigenvalue weighted by Crippen LogP contribution is 2.42. The van der Waals surface area contributed by atoms with Gasteiger partial charge in [-0.1, -0.05) is 18.2 Å². The second-order valence-corrected chi connectivity index (χ2v) is 13.2. The van der Waals surface area contributed by atoms with Crippen molar-refractivity contribution in [3.8, 4) is 16.9 Å². The lowest BCUT2D eigenvalue weighted by Crippen LogP contribution is -2.61. The first-order valence-electron chi connectivity index (χ1n) is 13.4. The maximum absolute atomic E-state index is 14.4. The lowest BCUT2D eigenvalue weighted by Gasteiger charge is -2.49. The quantitative estimate of drug-likeness (QED) is 0.354. The number of fused-ring (bicyclic) bond motifs is 3. The molecule has 1 amide bonds. The smallest absolute Gasteiger partial charge is 0.410 e. The minimum Gasteiger partial charge on any atom is -0.444 e. The van der Waals surface area contributed by atoms with E-state index in [4.69, 9.17) is 4.74 Å². The molecule has 2 aliphatic rings. The Morgan fingerprint density at radius 2 is 1.71 bits per heavy atom. The summed E-state index contributed by atoms with van der Waals surface area (Å²) in [5.74, 6) is -1.12. The first-order valence-corrected chi connectivity index (χ1v) is 14.9. The van der Waals surface area contributed by atoms with E-state index in [0.717, 1.165) is 11.6 Å². The largest absolute Gasteiger partial charge is 0.444 e. The number of nitrogens with zero attached hydrogens (tertiary/aromatic N) is 3. The average molecular weight is 604 g/mol. The fourth-order valence-electron chi connectivity index (χ4n) is 5.29. The van der Waals surface area contributed by atoms with Gasteiger partial charge in [-0.3, -0.25) is 4.31 Å². The van der Waals surface area contributed by atoms with Gasteiger partial charge in [-0.15, -0.1) is 0 Å². The normalized spacial score (nSPS) is 17.1.